The second-order valence-electron chi connectivity index (χ2n) is 6.19. The molecule has 0 N–H and O–H groups in total. The van der Waals surface area contributed by atoms with Crippen LogP contribution in [-0.2, 0) is 0 Å². The Labute approximate surface area is 163 Å². The predicted molar refractivity (Wildman–Crippen MR) is 99.7 cm³/mol. The molecule has 150 valence electrons. The Kier molecular flexibility index (Phi) is 6.02. The number of nitro benzene ring substituents is 3. The van der Waals surface area contributed by atoms with E-state index in [2.05, 4.69) is 55.5 Å². The molecule has 0 aliphatic heterocycles. The number of pyridine rings is 2. The highest BCUT2D eigenvalue weighted by atomic mass is 16.6. The van der Waals surface area contributed by atoms with Crippen molar-refractivity contribution in [1.29, 1.82) is 0 Å². The average molecular weight is 400 g/mol. The minimum atomic E-state index is -1.46. The zero-order chi connectivity index (χ0) is 21.9. The van der Waals surface area contributed by atoms with Crippen LogP contribution in [0.15, 0.2) is 42.5 Å². The molecule has 11 nitrogen and oxygen atoms in total. The van der Waals surface area contributed by atoms with E-state index in [1.807, 2.05) is 0 Å². The number of hydrogen-bond donors (Lipinski definition) is 0. The lowest BCUT2D eigenvalue weighted by Crippen LogP contribution is -2.29. The third kappa shape index (κ3) is 4.58. The smallest absolute Gasteiger partial charge is 0.283 e. The van der Waals surface area contributed by atoms with E-state index in [-0.39, 0.29) is 0 Å². The van der Waals surface area contributed by atoms with Crippen LogP contribution >= 0.6 is 0 Å². The number of benzene rings is 1. The summed E-state index contributed by atoms with van der Waals surface area (Å²) < 4.78 is 2.27. The van der Waals surface area contributed by atoms with E-state index in [1.54, 1.807) is 0 Å². The molecule has 0 saturated heterocycles. The summed E-state index contributed by atoms with van der Waals surface area (Å²) in [4.78, 5) is 27.5. The van der Waals surface area contributed by atoms with Gasteiger partial charge in [0, 0.05) is 38.1 Å². The number of non-ortho nitro benzene ring substituents is 1. The van der Waals surface area contributed by atoms with Gasteiger partial charge in [0.15, 0.2) is 11.4 Å². The van der Waals surface area contributed by atoms with Gasteiger partial charge < -0.3 is 5.11 Å². The van der Waals surface area contributed by atoms with Gasteiger partial charge in [-0.25, -0.2) is 0 Å². The maximum atomic E-state index is 11.1. The van der Waals surface area contributed by atoms with Gasteiger partial charge in [0.05, 0.1) is 32.7 Å². The van der Waals surface area contributed by atoms with Crippen molar-refractivity contribution in [2.45, 2.75) is 20.8 Å². The minimum absolute atomic E-state index is 0.384. The van der Waals surface area contributed by atoms with Gasteiger partial charge in [-0.05, 0) is 18.6 Å². The second kappa shape index (κ2) is 8.25. The first-order chi connectivity index (χ1) is 13.5. The topological polar surface area (TPSA) is 157 Å². The number of fused-ring (bicyclic) bond motifs is 1. The predicted octanol–water partition coefficient (Wildman–Crippen LogP) is 2.84. The molecule has 2 aromatic heterocycles. The Hall–Kier alpha value is -4.15. The molecule has 0 fully saturated rings. The molecule has 0 radical (unpaired) electrons. The molecule has 3 aromatic rings. The van der Waals surface area contributed by atoms with Crippen LogP contribution in [0.1, 0.15) is 17.0 Å². The van der Waals surface area contributed by atoms with E-state index >= 15 is 0 Å². The lowest BCUT2D eigenvalue weighted by Gasteiger charge is -2.06. The number of rotatable bonds is 3. The summed E-state index contributed by atoms with van der Waals surface area (Å²) >= 11 is 0. The number of aryl methyl sites for hydroxylation is 3. The average Bonchev–Trinajstić information content (AvgIpc) is 2.61. The normalized spacial score (nSPS) is 10.2. The molecule has 2 heterocycles. The Morgan fingerprint density at radius 3 is 1.79 bits per heavy atom. The zero-order valence-electron chi connectivity index (χ0n) is 15.7. The lowest BCUT2D eigenvalue weighted by atomic mass is 10.2. The van der Waals surface area contributed by atoms with Gasteiger partial charge in [-0.15, -0.1) is 0 Å². The fourth-order valence-electron chi connectivity index (χ4n) is 2.86. The van der Waals surface area contributed by atoms with Crippen molar-refractivity contribution in [3.05, 3.63) is 89.8 Å². The summed E-state index contributed by atoms with van der Waals surface area (Å²) in [7, 11) is 0. The molecule has 1 aromatic carbocycles. The van der Waals surface area contributed by atoms with Crippen molar-refractivity contribution >= 4 is 22.6 Å². The van der Waals surface area contributed by atoms with Crippen molar-refractivity contribution in [2.24, 2.45) is 0 Å². The van der Waals surface area contributed by atoms with E-state index in [9.17, 15) is 35.4 Å². The summed E-state index contributed by atoms with van der Waals surface area (Å²) in [5.41, 5.74) is 1.92. The van der Waals surface area contributed by atoms with Crippen molar-refractivity contribution in [3.63, 3.8) is 0 Å². The van der Waals surface area contributed by atoms with Crippen molar-refractivity contribution in [3.8, 4) is 5.75 Å². The lowest BCUT2D eigenvalue weighted by molar-refractivity contribution is -0.527. The minimum Gasteiger partial charge on any atom is -0.863 e. The molecule has 11 heteroatoms. The number of nitro groups is 3. The van der Waals surface area contributed by atoms with Crippen molar-refractivity contribution in [2.75, 3.05) is 0 Å². The van der Waals surface area contributed by atoms with Crippen LogP contribution in [0.4, 0.5) is 17.1 Å². The first kappa shape index (κ1) is 21.2. The van der Waals surface area contributed by atoms with Crippen LogP contribution in [0.25, 0.3) is 5.52 Å². The molecule has 0 atom stereocenters. The maximum absolute atomic E-state index is 11.1. The van der Waals surface area contributed by atoms with Crippen LogP contribution in [0.3, 0.4) is 0 Å². The molecule has 0 bridgehead atoms. The molecule has 0 amide bonds. The first-order valence-electron chi connectivity index (χ1n) is 8.19. The molecular formula is C18H16N4O7. The Morgan fingerprint density at radius 1 is 0.759 bits per heavy atom. The Bertz CT molecular complexity index is 1110. The Morgan fingerprint density at radius 2 is 1.31 bits per heavy atom. The van der Waals surface area contributed by atoms with E-state index < -0.39 is 37.6 Å². The van der Waals surface area contributed by atoms with E-state index in [4.69, 9.17) is 0 Å². The van der Waals surface area contributed by atoms with E-state index in [0.29, 0.717) is 12.1 Å². The molecule has 0 saturated carbocycles. The largest absolute Gasteiger partial charge is 0.863 e. The fourth-order valence-corrected chi connectivity index (χ4v) is 2.86. The summed E-state index contributed by atoms with van der Waals surface area (Å²) in [5, 5.41) is 42.1. The van der Waals surface area contributed by atoms with E-state index in [0.717, 1.165) is 0 Å². The van der Waals surface area contributed by atoms with Gasteiger partial charge in [0.2, 0.25) is 5.52 Å². The van der Waals surface area contributed by atoms with E-state index in [1.165, 1.54) is 22.5 Å². The third-order valence-electron chi connectivity index (χ3n) is 4.02. The van der Waals surface area contributed by atoms with Gasteiger partial charge in [-0.3, -0.25) is 30.3 Å². The maximum Gasteiger partial charge on any atom is 0.283 e. The van der Waals surface area contributed by atoms with Crippen LogP contribution in [0.5, 0.6) is 5.75 Å². The summed E-state index contributed by atoms with van der Waals surface area (Å²) in [6, 6.07) is 11.6. The molecule has 29 heavy (non-hydrogen) atoms. The Balaban J connectivity index is 0.000000211. The third-order valence-corrected chi connectivity index (χ3v) is 4.02. The highest BCUT2D eigenvalue weighted by molar-refractivity contribution is 5.64. The van der Waals surface area contributed by atoms with Gasteiger partial charge >= 0.3 is 0 Å². The highest BCUT2D eigenvalue weighted by Crippen LogP contribution is 2.36. The molecule has 0 aliphatic carbocycles. The summed E-state index contributed by atoms with van der Waals surface area (Å²) in [5.74, 6) is -1.46. The van der Waals surface area contributed by atoms with Crippen molar-refractivity contribution < 1.29 is 24.3 Å². The monoisotopic (exact) mass is 400 g/mol. The molecule has 0 aliphatic rings. The van der Waals surface area contributed by atoms with Crippen LogP contribution in [0.2, 0.25) is 0 Å². The van der Waals surface area contributed by atoms with Gasteiger partial charge in [-0.1, -0.05) is 0 Å². The van der Waals surface area contributed by atoms with Gasteiger partial charge in [0.1, 0.15) is 0 Å². The molecule has 0 spiro atoms. The molecular weight excluding hydrogens is 384 g/mol. The number of hydrogen-bond acceptors (Lipinski definition) is 7. The van der Waals surface area contributed by atoms with Crippen LogP contribution in [0, 0.1) is 51.1 Å². The van der Waals surface area contributed by atoms with Gasteiger partial charge in [0.25, 0.3) is 17.1 Å². The summed E-state index contributed by atoms with van der Waals surface area (Å²) in [6.45, 7) is 6.41. The second-order valence-corrected chi connectivity index (χ2v) is 6.19. The quantitative estimate of drug-likeness (QED) is 0.371. The van der Waals surface area contributed by atoms with Crippen LogP contribution in [-0.4, -0.2) is 14.8 Å². The fraction of sp³-hybridized carbons (Fsp3) is 0.167. The number of nitrogens with zero attached hydrogens (tertiary/aromatic N) is 4. The van der Waals surface area contributed by atoms with Crippen LogP contribution < -0.4 is 9.51 Å². The standard InChI is InChI=1S/C12H14N.C6H3N3O7/c1-9-7-11(3)13-10(2)5-4-6-12(13)8-9;10-6-4(8(13)14)1-3(7(11)12)2-5(6)9(15)16/h4-8H,1-3H3;1-2,10H/q+1;/p-1. The highest BCUT2D eigenvalue weighted by Gasteiger charge is 2.24. The SMILES string of the molecule is Cc1cc(C)[n+]2c(C)cccc2c1.O=[N+]([O-])c1cc([N+](=O)[O-])c([O-])c([N+](=O)[O-])c1. The molecule has 3 rings (SSSR count). The molecule has 0 unspecified atom stereocenters. The number of aromatic nitrogens is 1. The summed E-state index contributed by atoms with van der Waals surface area (Å²) in [6.07, 6.45) is 0. The first-order valence-corrected chi connectivity index (χ1v) is 8.19. The zero-order valence-corrected chi connectivity index (χ0v) is 15.7. The van der Waals surface area contributed by atoms with Crippen molar-refractivity contribution in [1.82, 2.24) is 0 Å². The van der Waals surface area contributed by atoms with Gasteiger partial charge in [-0.2, -0.15) is 4.40 Å².